The number of carbonyl (C=O) groups excluding carboxylic acids is 1. The van der Waals surface area contributed by atoms with Gasteiger partial charge in [-0.05, 0) is 99.6 Å². The number of hydrogen-bond donors (Lipinski definition) is 2. The predicted molar refractivity (Wildman–Crippen MR) is 200 cm³/mol. The van der Waals surface area contributed by atoms with E-state index in [1.165, 1.54) is 0 Å². The minimum Gasteiger partial charge on any atom is -0.487 e. The number of aryl methyl sites for hydroxylation is 1. The molecular formula is C42H57N3O7. The number of carbonyl (C=O) groups is 1. The van der Waals surface area contributed by atoms with Crippen LogP contribution in [0.2, 0.25) is 0 Å². The van der Waals surface area contributed by atoms with Gasteiger partial charge in [0.25, 0.3) is 0 Å². The summed E-state index contributed by atoms with van der Waals surface area (Å²) in [4.78, 5) is 26.4. The molecule has 10 nitrogen and oxygen atoms in total. The first-order valence-electron chi connectivity index (χ1n) is 19.4. The molecule has 2 saturated carbocycles. The third-order valence-electron chi connectivity index (χ3n) is 11.2. The molecule has 6 rings (SSSR count). The molecule has 2 heterocycles. The highest BCUT2D eigenvalue weighted by Crippen LogP contribution is 2.62. The van der Waals surface area contributed by atoms with E-state index in [0.29, 0.717) is 26.0 Å². The monoisotopic (exact) mass is 715 g/mol. The van der Waals surface area contributed by atoms with E-state index in [-0.39, 0.29) is 55.3 Å². The standard InChI is InChI=1S/C42H57N3O7/c1-5-20-45(41(48)29-16-17-29)38-26-36(44-49-4)34-24-30(13-7-9-21-46)33(15-8-10-22-47)39-35-25-32(50-27-31-14-11-12-28(3)43-31)18-19-37(35)52-42(38,40(34)39)51-23-6-2/h6,11-12,14,18-19,24-25,29-30,33,38-40,46-47H,2,5,7-10,13,15-17,20-23,26-27H2,1,3-4H3/t30-,33+,38-,39+,40+,42+/m0/s1. The Bertz CT molecular complexity index is 1610. The molecule has 1 aromatic carbocycles. The van der Waals surface area contributed by atoms with Crippen molar-refractivity contribution in [2.24, 2.45) is 28.8 Å². The molecule has 0 radical (unpaired) electrons. The molecule has 0 bridgehead atoms. The van der Waals surface area contributed by atoms with Gasteiger partial charge in [-0.2, -0.15) is 0 Å². The van der Waals surface area contributed by atoms with Crippen molar-refractivity contribution in [3.63, 3.8) is 0 Å². The van der Waals surface area contributed by atoms with Gasteiger partial charge in [0.2, 0.25) is 11.7 Å². The number of rotatable bonds is 19. The molecule has 282 valence electrons. The largest absolute Gasteiger partial charge is 0.487 e. The summed E-state index contributed by atoms with van der Waals surface area (Å²) in [7, 11) is 1.58. The Labute approximate surface area is 308 Å². The quantitative estimate of drug-likeness (QED) is 0.0917. The summed E-state index contributed by atoms with van der Waals surface area (Å²) < 4.78 is 20.7. The van der Waals surface area contributed by atoms with E-state index in [0.717, 1.165) is 91.1 Å². The number of amides is 1. The molecule has 1 aromatic heterocycles. The molecule has 0 saturated heterocycles. The molecule has 10 heteroatoms. The molecule has 3 aliphatic carbocycles. The van der Waals surface area contributed by atoms with Crippen LogP contribution in [0.5, 0.6) is 11.5 Å². The lowest BCUT2D eigenvalue weighted by Gasteiger charge is -2.60. The third-order valence-corrected chi connectivity index (χ3v) is 11.2. The Morgan fingerprint density at radius 2 is 1.92 bits per heavy atom. The second-order valence-corrected chi connectivity index (χ2v) is 14.8. The minimum absolute atomic E-state index is 0.0190. The van der Waals surface area contributed by atoms with Gasteiger partial charge < -0.3 is 34.2 Å². The first kappa shape index (κ1) is 38.0. The maximum Gasteiger partial charge on any atom is 0.239 e. The van der Waals surface area contributed by atoms with Crippen molar-refractivity contribution in [2.45, 2.75) is 102 Å². The summed E-state index contributed by atoms with van der Waals surface area (Å²) in [6, 6.07) is 11.5. The molecule has 2 fully saturated rings. The van der Waals surface area contributed by atoms with Crippen LogP contribution in [0.1, 0.15) is 94.0 Å². The number of pyridine rings is 1. The summed E-state index contributed by atoms with van der Waals surface area (Å²) in [5.41, 5.74) is 4.68. The van der Waals surface area contributed by atoms with Crippen LogP contribution in [0, 0.1) is 30.6 Å². The van der Waals surface area contributed by atoms with Crippen LogP contribution in [0.25, 0.3) is 0 Å². The Morgan fingerprint density at radius 1 is 1.13 bits per heavy atom. The average Bonchev–Trinajstić information content (AvgIpc) is 4.00. The van der Waals surface area contributed by atoms with Gasteiger partial charge in [0, 0.05) is 49.3 Å². The first-order chi connectivity index (χ1) is 25.4. The Morgan fingerprint density at radius 3 is 2.62 bits per heavy atom. The number of unbranched alkanes of at least 4 members (excludes halogenated alkanes) is 2. The predicted octanol–water partition coefficient (Wildman–Crippen LogP) is 6.88. The first-order valence-corrected chi connectivity index (χ1v) is 19.4. The van der Waals surface area contributed by atoms with Gasteiger partial charge in [-0.3, -0.25) is 9.78 Å². The Hall–Kier alpha value is -3.73. The Kier molecular flexibility index (Phi) is 12.7. The van der Waals surface area contributed by atoms with Crippen LogP contribution in [0.3, 0.4) is 0 Å². The van der Waals surface area contributed by atoms with Gasteiger partial charge in [-0.15, -0.1) is 6.58 Å². The van der Waals surface area contributed by atoms with Crippen molar-refractivity contribution >= 4 is 11.6 Å². The van der Waals surface area contributed by atoms with Crippen molar-refractivity contribution in [1.29, 1.82) is 0 Å². The molecule has 0 spiro atoms. The maximum atomic E-state index is 14.2. The van der Waals surface area contributed by atoms with E-state index in [2.05, 4.69) is 35.8 Å². The Balaban J connectivity index is 1.53. The number of aliphatic hydroxyl groups is 2. The highest BCUT2D eigenvalue weighted by molar-refractivity contribution is 6.03. The number of allylic oxidation sites excluding steroid dienone is 1. The van der Waals surface area contributed by atoms with E-state index < -0.39 is 11.8 Å². The second-order valence-electron chi connectivity index (χ2n) is 14.8. The number of benzene rings is 1. The van der Waals surface area contributed by atoms with Gasteiger partial charge in [-0.1, -0.05) is 43.1 Å². The lowest BCUT2D eigenvalue weighted by Crippen LogP contribution is -2.70. The van der Waals surface area contributed by atoms with Gasteiger partial charge in [-0.25, -0.2) is 0 Å². The van der Waals surface area contributed by atoms with Crippen molar-refractivity contribution in [3.05, 3.63) is 77.7 Å². The summed E-state index contributed by atoms with van der Waals surface area (Å²) in [6.45, 7) is 9.53. The lowest BCUT2D eigenvalue weighted by molar-refractivity contribution is -0.257. The second kappa shape index (κ2) is 17.4. The van der Waals surface area contributed by atoms with Gasteiger partial charge in [0.05, 0.1) is 23.9 Å². The SMILES string of the molecule is C=CCO[C@@]12Oc3ccc(OCc4cccc(C)n4)cc3[C@H]3[C@H](CCCCO)[C@@H](CCCCO)C=C(C(=NOC)C[C@@H]1N(CCC)C(=O)C1CC1)[C@H]32. The summed E-state index contributed by atoms with van der Waals surface area (Å²) >= 11 is 0. The summed E-state index contributed by atoms with van der Waals surface area (Å²) in [6.07, 6.45) is 12.1. The van der Waals surface area contributed by atoms with Crippen molar-refractivity contribution in [2.75, 3.05) is 33.5 Å². The average molecular weight is 716 g/mol. The van der Waals surface area contributed by atoms with Gasteiger partial charge >= 0.3 is 0 Å². The number of fused-ring (bicyclic) bond motifs is 2. The van der Waals surface area contributed by atoms with Gasteiger partial charge in [0.1, 0.15) is 31.3 Å². The van der Waals surface area contributed by atoms with Crippen molar-refractivity contribution in [1.82, 2.24) is 9.88 Å². The number of hydrogen-bond acceptors (Lipinski definition) is 9. The minimum atomic E-state index is -1.22. The maximum absolute atomic E-state index is 14.2. The molecule has 0 unspecified atom stereocenters. The van der Waals surface area contributed by atoms with E-state index >= 15 is 0 Å². The molecular weight excluding hydrogens is 658 g/mol. The smallest absolute Gasteiger partial charge is 0.239 e. The molecule has 1 aliphatic heterocycles. The van der Waals surface area contributed by atoms with Gasteiger partial charge in [0.15, 0.2) is 0 Å². The highest BCUT2D eigenvalue weighted by atomic mass is 16.7. The van der Waals surface area contributed by atoms with Crippen LogP contribution in [0.15, 0.2) is 65.9 Å². The zero-order valence-electron chi connectivity index (χ0n) is 31.2. The lowest BCUT2D eigenvalue weighted by atomic mass is 9.55. The third kappa shape index (κ3) is 7.94. The fourth-order valence-corrected chi connectivity index (χ4v) is 8.91. The number of ether oxygens (including phenoxy) is 3. The van der Waals surface area contributed by atoms with Crippen LogP contribution in [-0.4, -0.2) is 77.0 Å². The summed E-state index contributed by atoms with van der Waals surface area (Å²) in [5, 5.41) is 24.3. The normalized spacial score (nSPS) is 26.8. The van der Waals surface area contributed by atoms with E-state index in [1.54, 1.807) is 13.2 Å². The number of aromatic nitrogens is 1. The van der Waals surface area contributed by atoms with Crippen LogP contribution < -0.4 is 9.47 Å². The van der Waals surface area contributed by atoms with Crippen molar-refractivity contribution < 1.29 is 34.1 Å². The molecule has 52 heavy (non-hydrogen) atoms. The zero-order valence-corrected chi connectivity index (χ0v) is 31.2. The van der Waals surface area contributed by atoms with Crippen LogP contribution in [-0.2, 0) is 21.0 Å². The number of aliphatic hydroxyl groups excluding tert-OH is 2. The molecule has 2 aromatic rings. The van der Waals surface area contributed by atoms with E-state index in [1.807, 2.05) is 42.2 Å². The number of nitrogens with zero attached hydrogens (tertiary/aromatic N) is 3. The number of oxime groups is 1. The van der Waals surface area contributed by atoms with Crippen LogP contribution in [0.4, 0.5) is 0 Å². The highest BCUT2D eigenvalue weighted by Gasteiger charge is 2.65. The molecule has 4 aliphatic rings. The summed E-state index contributed by atoms with van der Waals surface area (Å²) in [5.74, 6) is 0.316. The molecule has 2 N–H and O–H groups in total. The fraction of sp³-hybridized carbons (Fsp3) is 0.595. The zero-order chi connectivity index (χ0) is 36.7. The molecule has 6 atom stereocenters. The van der Waals surface area contributed by atoms with Crippen LogP contribution >= 0.6 is 0 Å². The van der Waals surface area contributed by atoms with Crippen molar-refractivity contribution in [3.8, 4) is 11.5 Å². The van der Waals surface area contributed by atoms with E-state index in [9.17, 15) is 15.0 Å². The fourth-order valence-electron chi connectivity index (χ4n) is 8.91. The van der Waals surface area contributed by atoms with E-state index in [4.69, 9.17) is 19.0 Å². The topological polar surface area (TPSA) is 123 Å². The molecule has 1 amide bonds.